The fourth-order valence-corrected chi connectivity index (χ4v) is 1.86. The van der Waals surface area contributed by atoms with E-state index in [9.17, 15) is 4.39 Å². The average Bonchev–Trinajstić information content (AvgIpc) is 2.43. The summed E-state index contributed by atoms with van der Waals surface area (Å²) in [6.07, 6.45) is 1.04. The van der Waals surface area contributed by atoms with Gasteiger partial charge in [0.25, 0.3) is 0 Å². The van der Waals surface area contributed by atoms with Crippen LogP contribution in [0.3, 0.4) is 0 Å². The van der Waals surface area contributed by atoms with E-state index >= 15 is 0 Å². The Kier molecular flexibility index (Phi) is 1.95. The van der Waals surface area contributed by atoms with Gasteiger partial charge in [0, 0.05) is 0 Å². The first-order valence-electron chi connectivity index (χ1n) is 4.57. The Labute approximate surface area is 78.1 Å². The molecule has 13 heavy (non-hydrogen) atoms. The van der Waals surface area contributed by atoms with Gasteiger partial charge >= 0.3 is 0 Å². The second-order valence-corrected chi connectivity index (χ2v) is 3.71. The van der Waals surface area contributed by atoms with E-state index in [1.165, 1.54) is 22.3 Å². The highest BCUT2D eigenvalue weighted by atomic mass is 19.1. The molecule has 2 rings (SSSR count). The Morgan fingerprint density at radius 3 is 2.77 bits per heavy atom. The first-order valence-corrected chi connectivity index (χ1v) is 4.57. The van der Waals surface area contributed by atoms with Gasteiger partial charge in [0.05, 0.1) is 0 Å². The molecule has 0 unspecified atom stereocenters. The topological polar surface area (TPSA) is 0 Å². The lowest BCUT2D eigenvalue weighted by Crippen LogP contribution is -1.86. The molecule has 0 spiro atoms. The number of fused-ring (bicyclic) bond motifs is 1. The molecule has 1 aromatic rings. The van der Waals surface area contributed by atoms with Crippen LogP contribution in [-0.2, 0) is 13.1 Å². The number of alkyl halides is 1. The lowest BCUT2D eigenvalue weighted by Gasteiger charge is -2.02. The van der Waals surface area contributed by atoms with Crippen molar-refractivity contribution in [3.05, 3.63) is 40.5 Å². The Bertz CT molecular complexity index is 375. The molecule has 1 aromatic carbocycles. The molecule has 0 heterocycles. The number of hydrogen-bond donors (Lipinski definition) is 0. The summed E-state index contributed by atoms with van der Waals surface area (Å²) in [4.78, 5) is 0. The van der Waals surface area contributed by atoms with Crippen LogP contribution in [0.1, 0.15) is 30.5 Å². The van der Waals surface area contributed by atoms with E-state index < -0.39 is 0 Å². The molecule has 0 nitrogen and oxygen atoms in total. The molecule has 0 aromatic heterocycles. The van der Waals surface area contributed by atoms with E-state index in [2.05, 4.69) is 13.8 Å². The summed E-state index contributed by atoms with van der Waals surface area (Å²) < 4.78 is 12.4. The smallest absolute Gasteiger partial charge is 0.115 e. The zero-order valence-corrected chi connectivity index (χ0v) is 8.02. The van der Waals surface area contributed by atoms with Gasteiger partial charge in [0.15, 0.2) is 0 Å². The van der Waals surface area contributed by atoms with E-state index in [4.69, 9.17) is 0 Å². The third-order valence-electron chi connectivity index (χ3n) is 2.83. The number of allylic oxidation sites excluding steroid dienone is 2. The standard InChI is InChI=1S/C12H13F/c1-8-5-11-4-3-10(7-13)6-12(11)9(8)2/h3-4,6H,5,7H2,1-2H3. The maximum Gasteiger partial charge on any atom is 0.115 e. The van der Waals surface area contributed by atoms with Crippen molar-refractivity contribution in [2.24, 2.45) is 0 Å². The predicted octanol–water partition coefficient (Wildman–Crippen LogP) is 3.51. The van der Waals surface area contributed by atoms with Crippen molar-refractivity contribution >= 4 is 5.57 Å². The zero-order valence-electron chi connectivity index (χ0n) is 8.02. The number of halogens is 1. The van der Waals surface area contributed by atoms with E-state index in [-0.39, 0.29) is 6.67 Å². The average molecular weight is 176 g/mol. The van der Waals surface area contributed by atoms with Gasteiger partial charge < -0.3 is 0 Å². The van der Waals surface area contributed by atoms with Crippen molar-refractivity contribution in [1.29, 1.82) is 0 Å². The van der Waals surface area contributed by atoms with Gasteiger partial charge in [-0.15, -0.1) is 0 Å². The first-order chi connectivity index (χ1) is 6.22. The Hall–Kier alpha value is -1.11. The number of benzene rings is 1. The lowest BCUT2D eigenvalue weighted by molar-refractivity contribution is 0.485. The second kappa shape index (κ2) is 2.99. The van der Waals surface area contributed by atoms with Crippen LogP contribution in [0.15, 0.2) is 23.8 Å². The lowest BCUT2D eigenvalue weighted by atomic mass is 10.0. The van der Waals surface area contributed by atoms with E-state index in [1.807, 2.05) is 18.2 Å². The van der Waals surface area contributed by atoms with Crippen LogP contribution < -0.4 is 0 Å². The molecule has 0 amide bonds. The third-order valence-corrected chi connectivity index (χ3v) is 2.83. The summed E-state index contributed by atoms with van der Waals surface area (Å²) in [7, 11) is 0. The van der Waals surface area contributed by atoms with Crippen LogP contribution in [0.25, 0.3) is 5.57 Å². The van der Waals surface area contributed by atoms with Crippen molar-refractivity contribution in [2.45, 2.75) is 26.9 Å². The van der Waals surface area contributed by atoms with Gasteiger partial charge in [-0.2, -0.15) is 0 Å². The Morgan fingerprint density at radius 2 is 2.08 bits per heavy atom. The van der Waals surface area contributed by atoms with E-state index in [1.54, 1.807) is 0 Å². The number of hydrogen-bond acceptors (Lipinski definition) is 0. The molecule has 0 N–H and O–H groups in total. The van der Waals surface area contributed by atoms with Crippen LogP contribution in [0.4, 0.5) is 4.39 Å². The van der Waals surface area contributed by atoms with E-state index in [0.29, 0.717) is 0 Å². The highest BCUT2D eigenvalue weighted by Gasteiger charge is 2.15. The molecule has 1 heteroatoms. The quantitative estimate of drug-likeness (QED) is 0.614. The van der Waals surface area contributed by atoms with Crippen molar-refractivity contribution in [3.8, 4) is 0 Å². The molecule has 0 aliphatic heterocycles. The van der Waals surface area contributed by atoms with Crippen LogP contribution in [0, 0.1) is 0 Å². The van der Waals surface area contributed by atoms with Crippen LogP contribution in [-0.4, -0.2) is 0 Å². The van der Waals surface area contributed by atoms with Gasteiger partial charge in [-0.3, -0.25) is 0 Å². The second-order valence-electron chi connectivity index (χ2n) is 3.71. The van der Waals surface area contributed by atoms with E-state index in [0.717, 1.165) is 12.0 Å². The van der Waals surface area contributed by atoms with Crippen LogP contribution >= 0.6 is 0 Å². The van der Waals surface area contributed by atoms with Gasteiger partial charge in [0.2, 0.25) is 0 Å². The normalized spacial score (nSPS) is 15.0. The molecule has 0 saturated carbocycles. The molecule has 0 bridgehead atoms. The molecule has 1 aliphatic carbocycles. The van der Waals surface area contributed by atoms with Crippen molar-refractivity contribution < 1.29 is 4.39 Å². The molecule has 1 aliphatic rings. The monoisotopic (exact) mass is 176 g/mol. The third kappa shape index (κ3) is 1.28. The zero-order chi connectivity index (χ0) is 9.42. The molecule has 0 fully saturated rings. The summed E-state index contributed by atoms with van der Waals surface area (Å²) in [5, 5.41) is 0. The van der Waals surface area contributed by atoms with Crippen LogP contribution in [0.5, 0.6) is 0 Å². The molecule has 0 atom stereocenters. The minimum Gasteiger partial charge on any atom is -0.246 e. The number of rotatable bonds is 1. The van der Waals surface area contributed by atoms with Gasteiger partial charge in [-0.05, 0) is 48.6 Å². The molecule has 0 radical (unpaired) electrons. The summed E-state index contributed by atoms with van der Waals surface area (Å²) in [6.45, 7) is 3.90. The fourth-order valence-electron chi connectivity index (χ4n) is 1.86. The van der Waals surface area contributed by atoms with Gasteiger partial charge in [-0.1, -0.05) is 17.7 Å². The summed E-state index contributed by atoms with van der Waals surface area (Å²) >= 11 is 0. The Morgan fingerprint density at radius 1 is 1.31 bits per heavy atom. The molecular weight excluding hydrogens is 163 g/mol. The molecule has 0 saturated heterocycles. The summed E-state index contributed by atoms with van der Waals surface area (Å²) in [5.74, 6) is 0. The van der Waals surface area contributed by atoms with Crippen molar-refractivity contribution in [3.63, 3.8) is 0 Å². The maximum absolute atomic E-state index is 12.4. The van der Waals surface area contributed by atoms with Gasteiger partial charge in [-0.25, -0.2) is 4.39 Å². The highest BCUT2D eigenvalue weighted by Crippen LogP contribution is 2.32. The predicted molar refractivity (Wildman–Crippen MR) is 53.2 cm³/mol. The maximum atomic E-state index is 12.4. The summed E-state index contributed by atoms with van der Waals surface area (Å²) in [5.41, 5.74) is 6.10. The summed E-state index contributed by atoms with van der Waals surface area (Å²) in [6, 6.07) is 5.90. The minimum absolute atomic E-state index is 0.362. The molecular formula is C12H13F. The van der Waals surface area contributed by atoms with Crippen LogP contribution in [0.2, 0.25) is 0 Å². The Balaban J connectivity index is 2.52. The SMILES string of the molecule is CC1=C(C)c2cc(CF)ccc2C1. The minimum atomic E-state index is -0.362. The first kappa shape index (κ1) is 8.49. The van der Waals surface area contributed by atoms with Gasteiger partial charge in [0.1, 0.15) is 6.67 Å². The highest BCUT2D eigenvalue weighted by molar-refractivity contribution is 5.74. The van der Waals surface area contributed by atoms with Crippen molar-refractivity contribution in [2.75, 3.05) is 0 Å². The fraction of sp³-hybridized carbons (Fsp3) is 0.333. The largest absolute Gasteiger partial charge is 0.246 e. The molecule has 68 valence electrons. The van der Waals surface area contributed by atoms with Crippen molar-refractivity contribution in [1.82, 2.24) is 0 Å².